The van der Waals surface area contributed by atoms with Crippen LogP contribution in [0.3, 0.4) is 0 Å². The Labute approximate surface area is 223 Å². The van der Waals surface area contributed by atoms with Crippen LogP contribution in [0.25, 0.3) is 0 Å². The molecule has 0 bridgehead atoms. The zero-order valence-electron chi connectivity index (χ0n) is 21.0. The minimum absolute atomic E-state index is 0.0248. The highest BCUT2D eigenvalue weighted by Crippen LogP contribution is 2.24. The van der Waals surface area contributed by atoms with Crippen LogP contribution in [0.2, 0.25) is 0 Å². The van der Waals surface area contributed by atoms with Crippen LogP contribution < -0.4 is 4.74 Å². The van der Waals surface area contributed by atoms with Crippen molar-refractivity contribution in [3.63, 3.8) is 0 Å². The second-order valence-electron chi connectivity index (χ2n) is 8.61. The van der Waals surface area contributed by atoms with Crippen LogP contribution in [-0.4, -0.2) is 44.3 Å². The molecule has 0 unspecified atom stereocenters. The minimum atomic E-state index is -3.93. The molecule has 0 aliphatic heterocycles. The van der Waals surface area contributed by atoms with Crippen LogP contribution in [0.1, 0.15) is 16.8 Å². The second kappa shape index (κ2) is 11.8. The van der Waals surface area contributed by atoms with Gasteiger partial charge in [-0.3, -0.25) is 0 Å². The lowest BCUT2D eigenvalue weighted by atomic mass is 10.2. The zero-order chi connectivity index (χ0) is 27.2. The Hall–Kier alpha value is -3.73. The fourth-order valence-electron chi connectivity index (χ4n) is 4.03. The van der Waals surface area contributed by atoms with Gasteiger partial charge >= 0.3 is 0 Å². The van der Waals surface area contributed by atoms with Gasteiger partial charge < -0.3 is 9.30 Å². The molecule has 4 rings (SSSR count). The number of methoxy groups -OCH3 is 1. The standard InChI is InChI=1S/C28H29N3O5S2/c1-3-18-30(38(34,35)27-16-14-26(36-2)15-17-27)21-25-19-29-28(31(25)20-23-10-6-4-7-11-23)37(32,33)22-24-12-8-5-9-13-24/h3-17,19H,1,18,20-22H2,2H3. The minimum Gasteiger partial charge on any atom is -0.497 e. The molecule has 198 valence electrons. The second-order valence-corrected chi connectivity index (χ2v) is 12.4. The Morgan fingerprint density at radius 2 is 1.50 bits per heavy atom. The number of benzene rings is 3. The topological polar surface area (TPSA) is 98.6 Å². The van der Waals surface area contributed by atoms with Crippen molar-refractivity contribution in [2.75, 3.05) is 13.7 Å². The van der Waals surface area contributed by atoms with Crippen LogP contribution in [0.5, 0.6) is 5.75 Å². The van der Waals surface area contributed by atoms with Crippen LogP contribution in [0, 0.1) is 0 Å². The van der Waals surface area contributed by atoms with E-state index in [0.29, 0.717) is 17.0 Å². The largest absolute Gasteiger partial charge is 0.497 e. The number of sulfonamides is 1. The van der Waals surface area contributed by atoms with Gasteiger partial charge in [0.1, 0.15) is 5.75 Å². The molecule has 0 amide bonds. The average molecular weight is 552 g/mol. The first-order chi connectivity index (χ1) is 18.2. The number of sulfone groups is 1. The predicted molar refractivity (Wildman–Crippen MR) is 146 cm³/mol. The smallest absolute Gasteiger partial charge is 0.243 e. The summed E-state index contributed by atoms with van der Waals surface area (Å²) in [7, 11) is -6.27. The van der Waals surface area contributed by atoms with Crippen molar-refractivity contribution < 1.29 is 21.6 Å². The molecule has 10 heteroatoms. The first-order valence-corrected chi connectivity index (χ1v) is 14.9. The summed E-state index contributed by atoms with van der Waals surface area (Å²) in [6.45, 7) is 3.85. The molecule has 1 aromatic heterocycles. The fraction of sp³-hybridized carbons (Fsp3) is 0.179. The summed E-state index contributed by atoms with van der Waals surface area (Å²) in [4.78, 5) is 4.37. The lowest BCUT2D eigenvalue weighted by molar-refractivity contribution is 0.413. The summed E-state index contributed by atoms with van der Waals surface area (Å²) < 4.78 is 62.0. The van der Waals surface area contributed by atoms with E-state index in [9.17, 15) is 16.8 Å². The van der Waals surface area contributed by atoms with E-state index in [0.717, 1.165) is 5.56 Å². The van der Waals surface area contributed by atoms with E-state index in [2.05, 4.69) is 11.6 Å². The molecule has 0 atom stereocenters. The Morgan fingerprint density at radius 1 is 0.895 bits per heavy atom. The Morgan fingerprint density at radius 3 is 2.08 bits per heavy atom. The van der Waals surface area contributed by atoms with Gasteiger partial charge in [0.2, 0.25) is 25.0 Å². The van der Waals surface area contributed by atoms with E-state index in [1.54, 1.807) is 41.0 Å². The number of rotatable bonds is 12. The molecule has 8 nitrogen and oxygen atoms in total. The normalized spacial score (nSPS) is 11.9. The van der Waals surface area contributed by atoms with Gasteiger partial charge in [-0.1, -0.05) is 66.7 Å². The van der Waals surface area contributed by atoms with Crippen molar-refractivity contribution in [2.45, 2.75) is 28.9 Å². The fourth-order valence-corrected chi connectivity index (χ4v) is 6.90. The van der Waals surface area contributed by atoms with Crippen molar-refractivity contribution in [1.82, 2.24) is 13.9 Å². The number of ether oxygens (including phenoxy) is 1. The first-order valence-electron chi connectivity index (χ1n) is 11.8. The maximum atomic E-state index is 13.5. The monoisotopic (exact) mass is 551 g/mol. The number of hydrogen-bond donors (Lipinski definition) is 0. The predicted octanol–water partition coefficient (Wildman–Crippen LogP) is 4.29. The number of imidazole rings is 1. The summed E-state index contributed by atoms with van der Waals surface area (Å²) in [5, 5.41) is -0.111. The molecule has 1 heterocycles. The summed E-state index contributed by atoms with van der Waals surface area (Å²) in [5.74, 6) is 0.313. The average Bonchev–Trinajstić information content (AvgIpc) is 3.32. The first kappa shape index (κ1) is 27.3. The van der Waals surface area contributed by atoms with E-state index < -0.39 is 19.9 Å². The molecule has 3 aromatic carbocycles. The van der Waals surface area contributed by atoms with Crippen molar-refractivity contribution in [1.29, 1.82) is 0 Å². The van der Waals surface area contributed by atoms with E-state index in [1.807, 2.05) is 36.4 Å². The van der Waals surface area contributed by atoms with Crippen molar-refractivity contribution in [2.24, 2.45) is 0 Å². The summed E-state index contributed by atoms with van der Waals surface area (Å²) in [5.41, 5.74) is 1.94. The van der Waals surface area contributed by atoms with E-state index in [4.69, 9.17) is 4.74 Å². The Kier molecular flexibility index (Phi) is 8.45. The van der Waals surface area contributed by atoms with Gasteiger partial charge in [0.25, 0.3) is 0 Å². The molecule has 0 aliphatic carbocycles. The third-order valence-corrected chi connectivity index (χ3v) is 9.35. The lowest BCUT2D eigenvalue weighted by Crippen LogP contribution is -2.32. The molecular weight excluding hydrogens is 522 g/mol. The lowest BCUT2D eigenvalue weighted by Gasteiger charge is -2.22. The Balaban J connectivity index is 1.74. The molecule has 0 aliphatic rings. The SMILES string of the molecule is C=CCN(Cc1cnc(S(=O)(=O)Cc2ccccc2)n1Cc1ccccc1)S(=O)(=O)c1ccc(OC)cc1. The third-order valence-electron chi connectivity index (χ3n) is 5.93. The Bertz CT molecular complexity index is 1580. The van der Waals surface area contributed by atoms with Crippen molar-refractivity contribution in [3.05, 3.63) is 121 Å². The molecule has 0 saturated heterocycles. The number of aromatic nitrogens is 2. The van der Waals surface area contributed by atoms with Crippen LogP contribution in [0.4, 0.5) is 0 Å². The summed E-state index contributed by atoms with van der Waals surface area (Å²) in [6, 6.07) is 24.3. The third kappa shape index (κ3) is 6.21. The highest BCUT2D eigenvalue weighted by Gasteiger charge is 2.28. The molecule has 0 spiro atoms. The van der Waals surface area contributed by atoms with Gasteiger partial charge in [-0.25, -0.2) is 21.8 Å². The quantitative estimate of drug-likeness (QED) is 0.244. The maximum Gasteiger partial charge on any atom is 0.243 e. The van der Waals surface area contributed by atoms with Gasteiger partial charge in [0.15, 0.2) is 0 Å². The highest BCUT2D eigenvalue weighted by atomic mass is 32.2. The summed E-state index contributed by atoms with van der Waals surface area (Å²) in [6.07, 6.45) is 2.92. The molecular formula is C28H29N3O5S2. The molecule has 0 fully saturated rings. The zero-order valence-corrected chi connectivity index (χ0v) is 22.6. The van der Waals surface area contributed by atoms with Crippen LogP contribution in [0.15, 0.2) is 114 Å². The van der Waals surface area contributed by atoms with Crippen LogP contribution >= 0.6 is 0 Å². The van der Waals surface area contributed by atoms with E-state index in [-0.39, 0.29) is 35.4 Å². The highest BCUT2D eigenvalue weighted by molar-refractivity contribution is 7.90. The van der Waals surface area contributed by atoms with Crippen molar-refractivity contribution >= 4 is 19.9 Å². The number of hydrogen-bond acceptors (Lipinski definition) is 6. The number of nitrogens with zero attached hydrogens (tertiary/aromatic N) is 3. The summed E-state index contributed by atoms with van der Waals surface area (Å²) >= 11 is 0. The van der Waals surface area contributed by atoms with Gasteiger partial charge in [-0.15, -0.1) is 6.58 Å². The molecule has 0 N–H and O–H groups in total. The molecule has 0 radical (unpaired) electrons. The van der Waals surface area contributed by atoms with Gasteiger partial charge in [-0.05, 0) is 35.4 Å². The van der Waals surface area contributed by atoms with E-state index >= 15 is 0 Å². The van der Waals surface area contributed by atoms with Crippen molar-refractivity contribution in [3.8, 4) is 5.75 Å². The van der Waals surface area contributed by atoms with E-state index in [1.165, 1.54) is 35.8 Å². The molecule has 4 aromatic rings. The molecule has 0 saturated carbocycles. The van der Waals surface area contributed by atoms with Gasteiger partial charge in [-0.2, -0.15) is 4.31 Å². The van der Waals surface area contributed by atoms with Gasteiger partial charge in [0.05, 0.1) is 42.7 Å². The van der Waals surface area contributed by atoms with Crippen LogP contribution in [-0.2, 0) is 38.7 Å². The maximum absolute atomic E-state index is 13.5. The van der Waals surface area contributed by atoms with Gasteiger partial charge in [0, 0.05) is 6.54 Å². The molecule has 38 heavy (non-hydrogen) atoms.